The van der Waals surface area contributed by atoms with Crippen molar-refractivity contribution < 1.29 is 9.13 Å². The molecule has 0 aliphatic rings. The predicted octanol–water partition coefficient (Wildman–Crippen LogP) is 8.53. The van der Waals surface area contributed by atoms with Crippen LogP contribution in [0.15, 0.2) is 36.5 Å². The zero-order valence-corrected chi connectivity index (χ0v) is 19.1. The summed E-state index contributed by atoms with van der Waals surface area (Å²) in [4.78, 5) is 4.54. The van der Waals surface area contributed by atoms with Crippen LogP contribution in [0.3, 0.4) is 0 Å². The Balaban J connectivity index is 1.75. The first-order valence-electron chi connectivity index (χ1n) is 12.1. The highest BCUT2D eigenvalue weighted by molar-refractivity contribution is 5.60. The summed E-state index contributed by atoms with van der Waals surface area (Å²) in [6.07, 6.45) is 18.0. The number of aromatic nitrogens is 1. The Morgan fingerprint density at radius 1 is 0.767 bits per heavy atom. The summed E-state index contributed by atoms with van der Waals surface area (Å²) in [5.41, 5.74) is 2.86. The first kappa shape index (κ1) is 24.4. The number of halogens is 1. The van der Waals surface area contributed by atoms with Crippen LogP contribution in [-0.2, 0) is 6.42 Å². The van der Waals surface area contributed by atoms with Gasteiger partial charge in [-0.1, -0.05) is 84.1 Å². The third-order valence-electron chi connectivity index (χ3n) is 5.63. The van der Waals surface area contributed by atoms with E-state index < -0.39 is 0 Å². The lowest BCUT2D eigenvalue weighted by Crippen LogP contribution is -1.99. The smallest absolute Gasteiger partial charge is 0.165 e. The molecule has 0 bridgehead atoms. The van der Waals surface area contributed by atoms with Gasteiger partial charge in [-0.3, -0.25) is 4.98 Å². The fourth-order valence-electron chi connectivity index (χ4n) is 3.69. The lowest BCUT2D eigenvalue weighted by molar-refractivity contribution is 0.290. The SMILES string of the molecule is CCCCCCCCCOc1ccc(-c2ccc(CCCCCCC)cn2)cc1F. The average molecular weight is 414 g/mol. The standard InChI is InChI=1S/C27H40FNO/c1-3-5-7-9-10-12-14-20-30-27-19-17-24(21-25(27)28)26-18-16-23(22-29-26)15-13-11-8-6-4-2/h16-19,21-22H,3-15,20H2,1-2H3. The van der Waals surface area contributed by atoms with E-state index in [1.54, 1.807) is 6.07 Å². The monoisotopic (exact) mass is 413 g/mol. The van der Waals surface area contributed by atoms with Gasteiger partial charge in [0.05, 0.1) is 12.3 Å². The second-order valence-corrected chi connectivity index (χ2v) is 8.33. The van der Waals surface area contributed by atoms with Crippen LogP contribution < -0.4 is 4.74 Å². The normalized spacial score (nSPS) is 11.0. The van der Waals surface area contributed by atoms with Crippen LogP contribution in [-0.4, -0.2) is 11.6 Å². The van der Waals surface area contributed by atoms with Crippen LogP contribution in [0.5, 0.6) is 5.75 Å². The van der Waals surface area contributed by atoms with Gasteiger partial charge in [-0.15, -0.1) is 0 Å². The van der Waals surface area contributed by atoms with Crippen LogP contribution in [0.4, 0.5) is 4.39 Å². The van der Waals surface area contributed by atoms with Crippen LogP contribution in [0.2, 0.25) is 0 Å². The van der Waals surface area contributed by atoms with Gasteiger partial charge < -0.3 is 4.74 Å². The third-order valence-corrected chi connectivity index (χ3v) is 5.63. The molecule has 0 N–H and O–H groups in total. The van der Waals surface area contributed by atoms with Crippen LogP contribution in [0.25, 0.3) is 11.3 Å². The molecule has 1 heterocycles. The second-order valence-electron chi connectivity index (χ2n) is 8.33. The van der Waals surface area contributed by atoms with Gasteiger partial charge in [0.2, 0.25) is 0 Å². The largest absolute Gasteiger partial charge is 0.491 e. The quantitative estimate of drug-likeness (QED) is 0.257. The molecular weight excluding hydrogens is 373 g/mol. The minimum Gasteiger partial charge on any atom is -0.491 e. The molecule has 0 aliphatic carbocycles. The maximum Gasteiger partial charge on any atom is 0.165 e. The first-order valence-corrected chi connectivity index (χ1v) is 12.1. The van der Waals surface area contributed by atoms with Crippen LogP contribution in [0.1, 0.15) is 96.5 Å². The van der Waals surface area contributed by atoms with E-state index in [0.29, 0.717) is 12.4 Å². The number of aryl methyl sites for hydroxylation is 1. The van der Waals surface area contributed by atoms with Crippen LogP contribution >= 0.6 is 0 Å². The number of pyridine rings is 1. The topological polar surface area (TPSA) is 22.1 Å². The molecule has 1 aromatic carbocycles. The van der Waals surface area contributed by atoms with Crippen molar-refractivity contribution >= 4 is 0 Å². The second kappa shape index (κ2) is 15.0. The Hall–Kier alpha value is -1.90. The molecule has 0 saturated carbocycles. The summed E-state index contributed by atoms with van der Waals surface area (Å²) in [6, 6.07) is 9.28. The Bertz CT molecular complexity index is 699. The van der Waals surface area contributed by atoms with Gasteiger partial charge in [0.25, 0.3) is 0 Å². The summed E-state index contributed by atoms with van der Waals surface area (Å²) in [5, 5.41) is 0. The Morgan fingerprint density at radius 3 is 2.07 bits per heavy atom. The van der Waals surface area contributed by atoms with Crippen LogP contribution in [0, 0.1) is 5.82 Å². The molecule has 3 heteroatoms. The predicted molar refractivity (Wildman–Crippen MR) is 126 cm³/mol. The minimum absolute atomic E-state index is 0.308. The number of benzene rings is 1. The molecule has 2 aromatic rings. The first-order chi connectivity index (χ1) is 14.7. The fraction of sp³-hybridized carbons (Fsp3) is 0.593. The molecule has 0 saturated heterocycles. The van der Waals surface area contributed by atoms with E-state index in [4.69, 9.17) is 4.74 Å². The lowest BCUT2D eigenvalue weighted by Gasteiger charge is -2.09. The number of unbranched alkanes of at least 4 members (excludes halogenated alkanes) is 10. The van der Waals surface area contributed by atoms with Crippen molar-refractivity contribution in [2.24, 2.45) is 0 Å². The third kappa shape index (κ3) is 9.28. The molecule has 0 unspecified atom stereocenters. The highest BCUT2D eigenvalue weighted by Crippen LogP contribution is 2.25. The summed E-state index contributed by atoms with van der Waals surface area (Å²) in [6.45, 7) is 5.05. The summed E-state index contributed by atoms with van der Waals surface area (Å²) in [5.74, 6) is 0.0330. The van der Waals surface area contributed by atoms with E-state index in [1.165, 1.54) is 75.8 Å². The Labute approximate surface area is 183 Å². The Kier molecular flexibility index (Phi) is 12.2. The molecular formula is C27H40FNO. The van der Waals surface area contributed by atoms with Gasteiger partial charge in [-0.2, -0.15) is 0 Å². The van der Waals surface area contributed by atoms with E-state index in [9.17, 15) is 4.39 Å². The molecule has 30 heavy (non-hydrogen) atoms. The van der Waals surface area contributed by atoms with Gasteiger partial charge >= 0.3 is 0 Å². The van der Waals surface area contributed by atoms with E-state index in [-0.39, 0.29) is 5.82 Å². The van der Waals surface area contributed by atoms with Gasteiger partial charge in [-0.05, 0) is 49.1 Å². The van der Waals surface area contributed by atoms with Crippen molar-refractivity contribution in [3.05, 3.63) is 47.9 Å². The minimum atomic E-state index is -0.308. The number of rotatable bonds is 16. The van der Waals surface area contributed by atoms with Crippen molar-refractivity contribution in [1.29, 1.82) is 0 Å². The van der Waals surface area contributed by atoms with Crippen molar-refractivity contribution in [1.82, 2.24) is 4.98 Å². The highest BCUT2D eigenvalue weighted by atomic mass is 19.1. The number of ether oxygens (including phenoxy) is 1. The van der Waals surface area contributed by atoms with E-state index >= 15 is 0 Å². The molecule has 166 valence electrons. The number of hydrogen-bond acceptors (Lipinski definition) is 2. The van der Waals surface area contributed by atoms with Crippen molar-refractivity contribution in [3.8, 4) is 17.0 Å². The van der Waals surface area contributed by atoms with E-state index in [2.05, 4.69) is 24.9 Å². The molecule has 0 fully saturated rings. The van der Waals surface area contributed by atoms with E-state index in [0.717, 1.165) is 30.5 Å². The molecule has 2 nitrogen and oxygen atoms in total. The Morgan fingerprint density at radius 2 is 1.43 bits per heavy atom. The average Bonchev–Trinajstić information content (AvgIpc) is 2.77. The van der Waals surface area contributed by atoms with Gasteiger partial charge in [-0.25, -0.2) is 4.39 Å². The highest BCUT2D eigenvalue weighted by Gasteiger charge is 2.07. The summed E-state index contributed by atoms with van der Waals surface area (Å²) < 4.78 is 20.1. The maximum absolute atomic E-state index is 14.4. The summed E-state index contributed by atoms with van der Waals surface area (Å²) >= 11 is 0. The van der Waals surface area contributed by atoms with Crippen molar-refractivity contribution in [3.63, 3.8) is 0 Å². The fourth-order valence-corrected chi connectivity index (χ4v) is 3.69. The summed E-state index contributed by atoms with van der Waals surface area (Å²) in [7, 11) is 0. The van der Waals surface area contributed by atoms with Gasteiger partial charge in [0.1, 0.15) is 0 Å². The van der Waals surface area contributed by atoms with Crippen molar-refractivity contribution in [2.75, 3.05) is 6.61 Å². The number of hydrogen-bond donors (Lipinski definition) is 0. The lowest BCUT2D eigenvalue weighted by atomic mass is 10.1. The molecule has 0 spiro atoms. The van der Waals surface area contributed by atoms with E-state index in [1.807, 2.05) is 18.3 Å². The zero-order chi connectivity index (χ0) is 21.4. The number of nitrogens with zero attached hydrogens (tertiary/aromatic N) is 1. The molecule has 1 aromatic heterocycles. The van der Waals surface area contributed by atoms with Gasteiger partial charge in [0.15, 0.2) is 11.6 Å². The molecule has 0 atom stereocenters. The molecule has 0 aliphatic heterocycles. The molecule has 0 radical (unpaired) electrons. The van der Waals surface area contributed by atoms with Gasteiger partial charge in [0, 0.05) is 11.8 Å². The molecule has 2 rings (SSSR count). The van der Waals surface area contributed by atoms with Crippen molar-refractivity contribution in [2.45, 2.75) is 97.3 Å². The zero-order valence-electron chi connectivity index (χ0n) is 19.1. The molecule has 0 amide bonds. The maximum atomic E-state index is 14.4.